The molecule has 9 heteroatoms. The van der Waals surface area contributed by atoms with Gasteiger partial charge in [-0.25, -0.2) is 13.2 Å². The molecule has 0 saturated carbocycles. The maximum Gasteiger partial charge on any atom is 0.340 e. The van der Waals surface area contributed by atoms with Crippen LogP contribution in [-0.4, -0.2) is 57.8 Å². The fraction of sp³-hybridized carbons (Fsp3) is 0.636. The predicted octanol–water partition coefficient (Wildman–Crippen LogP) is -0.0482. The minimum Gasteiger partial charge on any atom is -0.478 e. The SMILES string of the molecule is CCCC1(O)CN(S(=O)(=O)c2n[nH]c(C)c2C(=O)O)C1. The van der Waals surface area contributed by atoms with Gasteiger partial charge < -0.3 is 10.2 Å². The molecular weight excluding hydrogens is 286 g/mol. The van der Waals surface area contributed by atoms with Crippen molar-refractivity contribution in [3.05, 3.63) is 11.3 Å². The van der Waals surface area contributed by atoms with Crippen molar-refractivity contribution >= 4 is 16.0 Å². The molecule has 3 N–H and O–H groups in total. The molecular formula is C11H17N3O5S. The van der Waals surface area contributed by atoms with Crippen molar-refractivity contribution in [2.45, 2.75) is 37.3 Å². The molecule has 0 aliphatic carbocycles. The number of β-amino-alcohol motifs (C(OH)–C–C–N with tert-alkyl or cyclic N) is 1. The molecule has 112 valence electrons. The zero-order chi connectivity index (χ0) is 15.1. The number of aromatic carboxylic acids is 1. The second kappa shape index (κ2) is 4.83. The number of nitrogens with one attached hydrogen (secondary N) is 1. The largest absolute Gasteiger partial charge is 0.478 e. The second-order valence-electron chi connectivity index (χ2n) is 5.08. The van der Waals surface area contributed by atoms with Gasteiger partial charge in [-0.1, -0.05) is 13.3 Å². The summed E-state index contributed by atoms with van der Waals surface area (Å²) >= 11 is 0. The summed E-state index contributed by atoms with van der Waals surface area (Å²) in [6, 6.07) is 0. The van der Waals surface area contributed by atoms with E-state index in [2.05, 4.69) is 10.2 Å². The van der Waals surface area contributed by atoms with Gasteiger partial charge in [-0.15, -0.1) is 0 Å². The van der Waals surface area contributed by atoms with Crippen LogP contribution in [-0.2, 0) is 10.0 Å². The number of H-pyrrole nitrogens is 1. The summed E-state index contributed by atoms with van der Waals surface area (Å²) in [5.41, 5.74) is -1.19. The first-order chi connectivity index (χ1) is 9.21. The maximum atomic E-state index is 12.3. The van der Waals surface area contributed by atoms with Crippen LogP contribution in [0, 0.1) is 6.92 Å². The molecule has 0 aromatic carbocycles. The van der Waals surface area contributed by atoms with Crippen LogP contribution in [0.25, 0.3) is 0 Å². The Morgan fingerprint density at radius 3 is 2.60 bits per heavy atom. The lowest BCUT2D eigenvalue weighted by molar-refractivity contribution is -0.0654. The highest BCUT2D eigenvalue weighted by atomic mass is 32.2. The number of nitrogens with zero attached hydrogens (tertiary/aromatic N) is 2. The monoisotopic (exact) mass is 303 g/mol. The van der Waals surface area contributed by atoms with E-state index >= 15 is 0 Å². The van der Waals surface area contributed by atoms with Crippen LogP contribution in [0.3, 0.4) is 0 Å². The molecule has 0 spiro atoms. The first kappa shape index (κ1) is 14.9. The molecule has 0 atom stereocenters. The predicted molar refractivity (Wildman–Crippen MR) is 68.9 cm³/mol. The summed E-state index contributed by atoms with van der Waals surface area (Å²) in [4.78, 5) is 11.1. The van der Waals surface area contributed by atoms with E-state index in [1.54, 1.807) is 0 Å². The normalized spacial score (nSPS) is 18.8. The summed E-state index contributed by atoms with van der Waals surface area (Å²) in [6.45, 7) is 3.27. The number of hydrogen-bond donors (Lipinski definition) is 3. The second-order valence-corrected chi connectivity index (χ2v) is 6.93. The lowest BCUT2D eigenvalue weighted by atomic mass is 9.92. The Morgan fingerprint density at radius 1 is 1.50 bits per heavy atom. The summed E-state index contributed by atoms with van der Waals surface area (Å²) < 4.78 is 25.7. The van der Waals surface area contributed by atoms with Crippen molar-refractivity contribution in [1.29, 1.82) is 0 Å². The first-order valence-electron chi connectivity index (χ1n) is 6.22. The summed E-state index contributed by atoms with van der Waals surface area (Å²) in [6.07, 6.45) is 1.25. The van der Waals surface area contributed by atoms with Gasteiger partial charge in [-0.05, 0) is 13.3 Å². The van der Waals surface area contributed by atoms with Gasteiger partial charge in [0.1, 0.15) is 5.56 Å². The van der Waals surface area contributed by atoms with Crippen LogP contribution in [0.1, 0.15) is 35.8 Å². The lowest BCUT2D eigenvalue weighted by Gasteiger charge is -2.45. The van der Waals surface area contributed by atoms with E-state index < -0.39 is 26.6 Å². The highest BCUT2D eigenvalue weighted by molar-refractivity contribution is 7.89. The number of carboxylic acid groups (broad SMARTS) is 1. The minimum absolute atomic E-state index is 0.0336. The summed E-state index contributed by atoms with van der Waals surface area (Å²) in [7, 11) is -4.00. The average molecular weight is 303 g/mol. The van der Waals surface area contributed by atoms with Crippen molar-refractivity contribution in [3.63, 3.8) is 0 Å². The van der Waals surface area contributed by atoms with Crippen molar-refractivity contribution < 1.29 is 23.4 Å². The fourth-order valence-corrected chi connectivity index (χ4v) is 4.10. The van der Waals surface area contributed by atoms with E-state index in [-0.39, 0.29) is 24.3 Å². The fourth-order valence-electron chi connectivity index (χ4n) is 2.37. The summed E-state index contributed by atoms with van der Waals surface area (Å²) in [5.74, 6) is -1.35. The number of aliphatic hydroxyl groups is 1. The van der Waals surface area contributed by atoms with Crippen molar-refractivity contribution in [2.75, 3.05) is 13.1 Å². The Hall–Kier alpha value is -1.45. The maximum absolute atomic E-state index is 12.3. The van der Waals surface area contributed by atoms with Gasteiger partial charge in [0, 0.05) is 18.8 Å². The minimum atomic E-state index is -4.00. The Balaban J connectivity index is 2.28. The molecule has 1 fully saturated rings. The molecule has 1 aromatic rings. The number of aromatic nitrogens is 2. The standard InChI is InChI=1S/C11H17N3O5S/c1-3-4-11(17)5-14(6-11)20(18,19)9-8(10(15)16)7(2)12-13-9/h17H,3-6H2,1-2H3,(H,12,13)(H,15,16). The molecule has 2 heterocycles. The van der Waals surface area contributed by atoms with E-state index in [4.69, 9.17) is 5.11 Å². The van der Waals surface area contributed by atoms with Gasteiger partial charge in [0.2, 0.25) is 5.03 Å². The number of carbonyl (C=O) groups is 1. The number of carboxylic acids is 1. The van der Waals surface area contributed by atoms with Crippen molar-refractivity contribution in [3.8, 4) is 0 Å². The average Bonchev–Trinajstić information content (AvgIpc) is 2.68. The third-order valence-corrected chi connectivity index (χ3v) is 5.09. The number of hydrogen-bond acceptors (Lipinski definition) is 5. The van der Waals surface area contributed by atoms with Crippen LogP contribution < -0.4 is 0 Å². The quantitative estimate of drug-likeness (QED) is 0.700. The zero-order valence-electron chi connectivity index (χ0n) is 11.3. The molecule has 2 rings (SSSR count). The van der Waals surface area contributed by atoms with Gasteiger partial charge in [-0.2, -0.15) is 9.40 Å². The highest BCUT2D eigenvalue weighted by Crippen LogP contribution is 2.32. The van der Waals surface area contributed by atoms with Gasteiger partial charge in [0.15, 0.2) is 0 Å². The molecule has 1 aromatic heterocycles. The van der Waals surface area contributed by atoms with Gasteiger partial charge >= 0.3 is 5.97 Å². The van der Waals surface area contributed by atoms with E-state index in [0.29, 0.717) is 6.42 Å². The molecule has 1 aliphatic rings. The van der Waals surface area contributed by atoms with Crippen LogP contribution in [0.4, 0.5) is 0 Å². The van der Waals surface area contributed by atoms with E-state index in [1.807, 2.05) is 6.92 Å². The molecule has 1 saturated heterocycles. The highest BCUT2D eigenvalue weighted by Gasteiger charge is 2.48. The van der Waals surface area contributed by atoms with Gasteiger partial charge in [-0.3, -0.25) is 5.10 Å². The third kappa shape index (κ3) is 2.32. The van der Waals surface area contributed by atoms with Crippen LogP contribution in [0.15, 0.2) is 5.03 Å². The smallest absolute Gasteiger partial charge is 0.340 e. The molecule has 20 heavy (non-hydrogen) atoms. The molecule has 8 nitrogen and oxygen atoms in total. The molecule has 0 amide bonds. The molecule has 1 aliphatic heterocycles. The van der Waals surface area contributed by atoms with Gasteiger partial charge in [0.25, 0.3) is 10.0 Å². The Morgan fingerprint density at radius 2 is 2.10 bits per heavy atom. The molecule has 0 bridgehead atoms. The number of aryl methyl sites for hydroxylation is 1. The topological polar surface area (TPSA) is 124 Å². The van der Waals surface area contributed by atoms with Crippen LogP contribution in [0.2, 0.25) is 0 Å². The first-order valence-corrected chi connectivity index (χ1v) is 7.66. The molecule has 0 unspecified atom stereocenters. The number of aromatic amines is 1. The van der Waals surface area contributed by atoms with Crippen LogP contribution >= 0.6 is 0 Å². The lowest BCUT2D eigenvalue weighted by Crippen LogP contribution is -2.63. The van der Waals surface area contributed by atoms with Crippen LogP contribution in [0.5, 0.6) is 0 Å². The van der Waals surface area contributed by atoms with Gasteiger partial charge in [0.05, 0.1) is 5.60 Å². The van der Waals surface area contributed by atoms with Crippen molar-refractivity contribution in [1.82, 2.24) is 14.5 Å². The third-order valence-electron chi connectivity index (χ3n) is 3.37. The Labute approximate surface area is 116 Å². The number of rotatable bonds is 5. The Bertz CT molecular complexity index is 630. The van der Waals surface area contributed by atoms with E-state index in [1.165, 1.54) is 6.92 Å². The van der Waals surface area contributed by atoms with Crippen molar-refractivity contribution in [2.24, 2.45) is 0 Å². The zero-order valence-corrected chi connectivity index (χ0v) is 12.1. The Kier molecular flexibility index (Phi) is 3.61. The van der Waals surface area contributed by atoms with E-state index in [9.17, 15) is 18.3 Å². The van der Waals surface area contributed by atoms with E-state index in [0.717, 1.165) is 10.7 Å². The number of sulfonamides is 1. The summed E-state index contributed by atoms with van der Waals surface area (Å²) in [5, 5.41) is 24.6. The molecule has 0 radical (unpaired) electrons.